The molecular weight excluding hydrogens is 885 g/mol. The zero-order valence-electron chi connectivity index (χ0n) is 34.6. The molecule has 21 heteroatoms. The van der Waals surface area contributed by atoms with Crippen LogP contribution in [0.2, 0.25) is 10.0 Å². The predicted molar refractivity (Wildman–Crippen MR) is 238 cm³/mol. The summed E-state index contributed by atoms with van der Waals surface area (Å²) in [6, 6.07) is 17.2. The highest BCUT2D eigenvalue weighted by Gasteiger charge is 2.16. The summed E-state index contributed by atoms with van der Waals surface area (Å²) in [6.07, 6.45) is 1.73. The van der Waals surface area contributed by atoms with Gasteiger partial charge in [-0.3, -0.25) is 15.2 Å². The van der Waals surface area contributed by atoms with Crippen LogP contribution in [0.15, 0.2) is 71.0 Å². The zero-order chi connectivity index (χ0) is 43.7. The molecule has 5 aromatic rings. The van der Waals surface area contributed by atoms with Crippen LogP contribution in [-0.4, -0.2) is 118 Å². The molecular formula is C42H47Cl3F2N10O6. The number of anilines is 3. The topological polar surface area (TPSA) is 173 Å². The summed E-state index contributed by atoms with van der Waals surface area (Å²) in [4.78, 5) is 4.69. The Morgan fingerprint density at radius 3 is 1.87 bits per heavy atom. The van der Waals surface area contributed by atoms with Gasteiger partial charge in [-0.2, -0.15) is 5.26 Å². The van der Waals surface area contributed by atoms with E-state index >= 15 is 0 Å². The summed E-state index contributed by atoms with van der Waals surface area (Å²) < 4.78 is 60.1. The van der Waals surface area contributed by atoms with Gasteiger partial charge in [0.25, 0.3) is 0 Å². The van der Waals surface area contributed by atoms with E-state index in [4.69, 9.17) is 51.6 Å². The second kappa shape index (κ2) is 25.0. The molecule has 0 atom stereocenters. The van der Waals surface area contributed by atoms with Crippen molar-refractivity contribution >= 4 is 69.4 Å². The molecule has 0 radical (unpaired) electrons. The van der Waals surface area contributed by atoms with Crippen LogP contribution in [-0.2, 0) is 9.47 Å². The van der Waals surface area contributed by atoms with Crippen molar-refractivity contribution in [3.63, 3.8) is 0 Å². The first kappa shape index (κ1) is 48.6. The standard InChI is InChI=1S/2C21H23ClFN5O3.ClH/c1-29-19-12-15-18(13-20(19)31-8-2-5-28-6-9-30-10-7-28)25-27-26-21(15)24-14-3-4-17(23)16(22)11-14;1-29-20-11-15(14-24)19(26-27-25-16-3-4-18(23)17(22)12-16)13-21(20)31-8-2-5-28-6-9-30-10-7-28;/h3-4,11-13H,2,5-10H2,1H3,(H,24,25,26);3-4,11-13H,2,5-10H2,1H3,(H,25,26);1H. The SMILES string of the molecule is COc1cc(C#N)c(N=NNc2ccc(F)c(Cl)c2)cc1OCCCN1CCOCC1.COc1cc2c(Nc3ccc(F)c(Cl)c3)nnnc2cc1OCCCN1CCOCC1.Cl. The van der Waals surface area contributed by atoms with E-state index in [1.165, 1.54) is 37.4 Å². The Morgan fingerprint density at radius 2 is 1.30 bits per heavy atom. The summed E-state index contributed by atoms with van der Waals surface area (Å²) in [7, 11) is 3.09. The molecule has 2 aliphatic heterocycles. The second-order valence-electron chi connectivity index (χ2n) is 13.8. The number of aromatic nitrogens is 3. The van der Waals surface area contributed by atoms with Crippen LogP contribution in [0.4, 0.5) is 31.7 Å². The number of ether oxygens (including phenoxy) is 6. The highest BCUT2D eigenvalue weighted by molar-refractivity contribution is 6.31. The van der Waals surface area contributed by atoms with Gasteiger partial charge >= 0.3 is 0 Å². The van der Waals surface area contributed by atoms with E-state index in [0.717, 1.165) is 78.5 Å². The minimum Gasteiger partial charge on any atom is -0.493 e. The van der Waals surface area contributed by atoms with E-state index in [1.54, 1.807) is 37.4 Å². The van der Waals surface area contributed by atoms with Gasteiger partial charge < -0.3 is 33.7 Å². The van der Waals surface area contributed by atoms with Crippen LogP contribution in [0.5, 0.6) is 23.0 Å². The fourth-order valence-corrected chi connectivity index (χ4v) is 6.71. The second-order valence-corrected chi connectivity index (χ2v) is 14.6. The fourth-order valence-electron chi connectivity index (χ4n) is 6.35. The number of morpholine rings is 2. The summed E-state index contributed by atoms with van der Waals surface area (Å²) in [5.74, 6) is 1.51. The summed E-state index contributed by atoms with van der Waals surface area (Å²) in [6.45, 7) is 9.77. The molecule has 0 unspecified atom stereocenters. The maximum atomic E-state index is 13.4. The molecule has 0 spiro atoms. The van der Waals surface area contributed by atoms with Crippen molar-refractivity contribution in [3.05, 3.63) is 87.9 Å². The van der Waals surface area contributed by atoms with Crippen molar-refractivity contribution in [2.24, 2.45) is 10.3 Å². The number of nitrogens with one attached hydrogen (secondary N) is 2. The van der Waals surface area contributed by atoms with E-state index in [-0.39, 0.29) is 28.0 Å². The lowest BCUT2D eigenvalue weighted by Gasteiger charge is -2.26. The number of rotatable bonds is 17. The summed E-state index contributed by atoms with van der Waals surface area (Å²) >= 11 is 11.6. The van der Waals surface area contributed by atoms with Crippen LogP contribution in [0, 0.1) is 23.0 Å². The molecule has 2 fully saturated rings. The number of nitrogens with zero attached hydrogens (tertiary/aromatic N) is 8. The van der Waals surface area contributed by atoms with Crippen LogP contribution in [0.3, 0.4) is 0 Å². The molecule has 63 heavy (non-hydrogen) atoms. The average Bonchev–Trinajstić information content (AvgIpc) is 3.29. The largest absolute Gasteiger partial charge is 0.493 e. The zero-order valence-corrected chi connectivity index (χ0v) is 36.9. The highest BCUT2D eigenvalue weighted by atomic mass is 35.5. The maximum absolute atomic E-state index is 13.4. The first-order valence-corrected chi connectivity index (χ1v) is 20.5. The molecule has 2 aliphatic rings. The van der Waals surface area contributed by atoms with Gasteiger partial charge in [-0.15, -0.1) is 27.7 Å². The van der Waals surface area contributed by atoms with Crippen LogP contribution >= 0.6 is 35.6 Å². The molecule has 0 aliphatic carbocycles. The number of fused-ring (bicyclic) bond motifs is 1. The number of methoxy groups -OCH3 is 2. The normalized spacial score (nSPS) is 14.2. The lowest BCUT2D eigenvalue weighted by Crippen LogP contribution is -2.37. The van der Waals surface area contributed by atoms with Gasteiger partial charge in [-0.1, -0.05) is 28.4 Å². The van der Waals surface area contributed by atoms with Gasteiger partial charge in [-0.25, -0.2) is 8.78 Å². The van der Waals surface area contributed by atoms with Crippen LogP contribution < -0.4 is 29.7 Å². The molecule has 4 aromatic carbocycles. The van der Waals surface area contributed by atoms with Crippen molar-refractivity contribution in [2.45, 2.75) is 12.8 Å². The van der Waals surface area contributed by atoms with Crippen molar-refractivity contribution in [1.29, 1.82) is 5.26 Å². The van der Waals surface area contributed by atoms with E-state index < -0.39 is 11.6 Å². The van der Waals surface area contributed by atoms with Crippen molar-refractivity contribution < 1.29 is 37.2 Å². The Hall–Kier alpha value is -5.39. The molecule has 2 N–H and O–H groups in total. The number of benzene rings is 4. The Morgan fingerprint density at radius 1 is 0.746 bits per heavy atom. The molecule has 0 saturated carbocycles. The monoisotopic (exact) mass is 930 g/mol. The van der Waals surface area contributed by atoms with E-state index in [2.05, 4.69) is 52.4 Å². The Labute approximate surface area is 379 Å². The Bertz CT molecular complexity index is 2340. The van der Waals surface area contributed by atoms with E-state index in [9.17, 15) is 14.0 Å². The van der Waals surface area contributed by atoms with E-state index in [0.29, 0.717) is 70.0 Å². The van der Waals surface area contributed by atoms with Gasteiger partial charge in [0.05, 0.1) is 80.5 Å². The molecule has 336 valence electrons. The van der Waals surface area contributed by atoms with E-state index in [1.807, 2.05) is 0 Å². The van der Waals surface area contributed by atoms with Crippen molar-refractivity contribution in [1.82, 2.24) is 25.2 Å². The number of nitriles is 1. The third kappa shape index (κ3) is 14.3. The van der Waals surface area contributed by atoms with Gasteiger partial charge in [0.1, 0.15) is 28.9 Å². The molecule has 7 rings (SSSR count). The van der Waals surface area contributed by atoms with Crippen LogP contribution in [0.1, 0.15) is 18.4 Å². The van der Waals surface area contributed by atoms with Crippen molar-refractivity contribution in [2.75, 3.05) is 104 Å². The van der Waals surface area contributed by atoms with Gasteiger partial charge in [-0.05, 0) is 60.5 Å². The quantitative estimate of drug-likeness (QED) is 0.0515. The minimum absolute atomic E-state index is 0. The molecule has 2 saturated heterocycles. The first-order chi connectivity index (χ1) is 30.2. The van der Waals surface area contributed by atoms with Gasteiger partial charge in [0.15, 0.2) is 28.8 Å². The molecule has 1 aromatic heterocycles. The number of hydrogen-bond acceptors (Lipinski definition) is 15. The maximum Gasteiger partial charge on any atom is 0.164 e. The predicted octanol–water partition coefficient (Wildman–Crippen LogP) is 8.66. The minimum atomic E-state index is -0.526. The molecule has 3 heterocycles. The Kier molecular flexibility index (Phi) is 19.3. The first-order valence-electron chi connectivity index (χ1n) is 19.8. The molecule has 16 nitrogen and oxygen atoms in total. The van der Waals surface area contributed by atoms with Crippen molar-refractivity contribution in [3.8, 4) is 29.1 Å². The highest BCUT2D eigenvalue weighted by Crippen LogP contribution is 2.36. The third-order valence-electron chi connectivity index (χ3n) is 9.64. The third-order valence-corrected chi connectivity index (χ3v) is 10.2. The fraction of sp³-hybridized carbons (Fsp3) is 0.381. The van der Waals surface area contributed by atoms with Gasteiger partial charge in [0, 0.05) is 63.2 Å². The lowest BCUT2D eigenvalue weighted by atomic mass is 10.1. The van der Waals surface area contributed by atoms with Gasteiger partial charge in [0.2, 0.25) is 0 Å². The molecule has 0 bridgehead atoms. The lowest BCUT2D eigenvalue weighted by molar-refractivity contribution is 0.0357. The number of hydrogen-bond donors (Lipinski definition) is 2. The van der Waals surface area contributed by atoms with Crippen LogP contribution in [0.25, 0.3) is 10.9 Å². The Balaban J connectivity index is 0.000000234. The molecule has 0 amide bonds. The summed E-state index contributed by atoms with van der Waals surface area (Å²) in [5.41, 5.74) is 4.88. The number of halogens is 5. The average molecular weight is 932 g/mol. The smallest absolute Gasteiger partial charge is 0.164 e. The summed E-state index contributed by atoms with van der Waals surface area (Å²) in [5, 5.41) is 33.1.